The Bertz CT molecular complexity index is 512. The van der Waals surface area contributed by atoms with Crippen LogP contribution < -0.4 is 0 Å². The molecule has 0 unspecified atom stereocenters. The third-order valence-electron chi connectivity index (χ3n) is 3.09. The molecule has 3 heteroatoms. The van der Waals surface area contributed by atoms with E-state index in [9.17, 15) is 0 Å². The fraction of sp³-hybridized carbons (Fsp3) is 0.500. The zero-order valence-electron chi connectivity index (χ0n) is 10.7. The van der Waals surface area contributed by atoms with E-state index >= 15 is 0 Å². The molecule has 0 amide bonds. The minimum atomic E-state index is 0.876. The molecule has 1 fully saturated rings. The Hall–Kier alpha value is -0.830. The number of halogens is 1. The Kier molecular flexibility index (Phi) is 3.87. The van der Waals surface area contributed by atoms with Crippen LogP contribution in [0.15, 0.2) is 22.7 Å². The van der Waals surface area contributed by atoms with Gasteiger partial charge in [0.2, 0.25) is 0 Å². The molecule has 0 spiro atoms. The monoisotopic (exact) mass is 294 g/mol. The summed E-state index contributed by atoms with van der Waals surface area (Å²) in [7, 11) is 0. The van der Waals surface area contributed by atoms with E-state index < -0.39 is 0 Å². The maximum Gasteiger partial charge on any atom is 0.0937 e. The molecule has 0 atom stereocenters. The van der Waals surface area contributed by atoms with Gasteiger partial charge in [0.1, 0.15) is 0 Å². The minimum Gasteiger partial charge on any atom is -0.268 e. The summed E-state index contributed by atoms with van der Waals surface area (Å²) in [5.74, 6) is 0.876. The lowest BCUT2D eigenvalue weighted by Gasteiger charge is -2.00. The van der Waals surface area contributed by atoms with Crippen molar-refractivity contribution in [3.63, 3.8) is 0 Å². The molecule has 0 saturated heterocycles. The number of aromatic nitrogens is 2. The highest BCUT2D eigenvalue weighted by atomic mass is 79.9. The molecular formula is C14H19BrN2. The van der Waals surface area contributed by atoms with E-state index in [0.29, 0.717) is 0 Å². The number of rotatable bonds is 2. The van der Waals surface area contributed by atoms with E-state index in [1.165, 1.54) is 23.9 Å². The molecule has 2 aromatic rings. The van der Waals surface area contributed by atoms with E-state index in [2.05, 4.69) is 50.8 Å². The number of hydrogen-bond donors (Lipinski definition) is 0. The Morgan fingerprint density at radius 3 is 2.71 bits per heavy atom. The summed E-state index contributed by atoms with van der Waals surface area (Å²) in [4.78, 5) is 0. The molecule has 0 radical (unpaired) electrons. The maximum atomic E-state index is 4.64. The van der Waals surface area contributed by atoms with Gasteiger partial charge in [-0.1, -0.05) is 29.8 Å². The largest absolute Gasteiger partial charge is 0.268 e. The van der Waals surface area contributed by atoms with Gasteiger partial charge >= 0.3 is 0 Å². The second-order valence-electron chi connectivity index (χ2n) is 4.37. The number of benzene rings is 1. The third-order valence-corrected chi connectivity index (χ3v) is 3.59. The number of hydrogen-bond acceptors (Lipinski definition) is 1. The lowest BCUT2D eigenvalue weighted by molar-refractivity contribution is 0.555. The smallest absolute Gasteiger partial charge is 0.0937 e. The van der Waals surface area contributed by atoms with Gasteiger partial charge in [-0.2, -0.15) is 5.10 Å². The molecule has 1 heterocycles. The summed E-state index contributed by atoms with van der Waals surface area (Å²) in [6, 6.07) is 6.31. The van der Waals surface area contributed by atoms with Crippen LogP contribution in [0.5, 0.6) is 0 Å². The van der Waals surface area contributed by atoms with Crippen molar-refractivity contribution in [1.29, 1.82) is 0 Å². The molecule has 1 aliphatic carbocycles. The Balaban J connectivity index is 0.000000514. The number of aryl methyl sites for hydroxylation is 1. The van der Waals surface area contributed by atoms with Crippen LogP contribution in [0.3, 0.4) is 0 Å². The summed E-state index contributed by atoms with van der Waals surface area (Å²) < 4.78 is 3.26. The lowest BCUT2D eigenvalue weighted by atomic mass is 10.2. The molecular weight excluding hydrogens is 276 g/mol. The van der Waals surface area contributed by atoms with Crippen LogP contribution in [-0.4, -0.2) is 9.78 Å². The summed E-state index contributed by atoms with van der Waals surface area (Å²) in [6.45, 7) is 7.25. The van der Waals surface area contributed by atoms with Crippen LogP contribution in [0.1, 0.15) is 32.4 Å². The normalized spacial score (nSPS) is 14.6. The molecule has 1 saturated carbocycles. The predicted molar refractivity (Wildman–Crippen MR) is 76.2 cm³/mol. The first-order valence-corrected chi connectivity index (χ1v) is 7.16. The van der Waals surface area contributed by atoms with E-state index in [1.807, 2.05) is 13.8 Å². The molecule has 0 aliphatic heterocycles. The van der Waals surface area contributed by atoms with Crippen LogP contribution in [0.25, 0.3) is 10.9 Å². The van der Waals surface area contributed by atoms with Crippen molar-refractivity contribution in [2.75, 3.05) is 0 Å². The second-order valence-corrected chi connectivity index (χ2v) is 5.29. The van der Waals surface area contributed by atoms with Crippen molar-refractivity contribution >= 4 is 26.8 Å². The van der Waals surface area contributed by atoms with E-state index in [0.717, 1.165) is 22.5 Å². The highest BCUT2D eigenvalue weighted by Crippen LogP contribution is 2.32. The topological polar surface area (TPSA) is 17.8 Å². The lowest BCUT2D eigenvalue weighted by Crippen LogP contribution is -2.03. The van der Waals surface area contributed by atoms with Crippen molar-refractivity contribution in [1.82, 2.24) is 9.78 Å². The molecule has 1 aromatic carbocycles. The van der Waals surface area contributed by atoms with Crippen molar-refractivity contribution in [2.24, 2.45) is 5.92 Å². The summed E-state index contributed by atoms with van der Waals surface area (Å²) in [5, 5.41) is 5.92. The quantitative estimate of drug-likeness (QED) is 0.795. The molecule has 1 aromatic heterocycles. The van der Waals surface area contributed by atoms with Gasteiger partial charge in [-0.3, -0.25) is 4.68 Å². The zero-order chi connectivity index (χ0) is 12.4. The highest BCUT2D eigenvalue weighted by molar-refractivity contribution is 9.10. The van der Waals surface area contributed by atoms with E-state index in [1.54, 1.807) is 0 Å². The van der Waals surface area contributed by atoms with Gasteiger partial charge in [0.25, 0.3) is 0 Å². The molecule has 0 bridgehead atoms. The summed E-state index contributed by atoms with van der Waals surface area (Å²) in [5.41, 5.74) is 2.40. The van der Waals surface area contributed by atoms with Crippen molar-refractivity contribution in [3.8, 4) is 0 Å². The SMILES string of the molecule is CC.Cc1c2ccc(Br)cc2nn1CC1CC1. The highest BCUT2D eigenvalue weighted by Gasteiger charge is 2.23. The van der Waals surface area contributed by atoms with E-state index in [-0.39, 0.29) is 0 Å². The average Bonchev–Trinajstić information content (AvgIpc) is 3.09. The van der Waals surface area contributed by atoms with Gasteiger partial charge in [0.15, 0.2) is 0 Å². The minimum absolute atomic E-state index is 0.876. The number of fused-ring (bicyclic) bond motifs is 1. The first-order valence-electron chi connectivity index (χ1n) is 6.37. The maximum absolute atomic E-state index is 4.64. The average molecular weight is 295 g/mol. The Morgan fingerprint density at radius 2 is 2.06 bits per heavy atom. The number of nitrogens with zero attached hydrogens (tertiary/aromatic N) is 2. The standard InChI is InChI=1S/C12H13BrN2.C2H6/c1-8-11-5-4-10(13)6-12(11)14-15(8)7-9-2-3-9;1-2/h4-6,9H,2-3,7H2,1H3;1-2H3. The van der Waals surface area contributed by atoms with Crippen LogP contribution in [0.2, 0.25) is 0 Å². The van der Waals surface area contributed by atoms with Crippen molar-refractivity contribution in [3.05, 3.63) is 28.4 Å². The van der Waals surface area contributed by atoms with Crippen LogP contribution in [-0.2, 0) is 6.54 Å². The molecule has 17 heavy (non-hydrogen) atoms. The first kappa shape index (κ1) is 12.6. The van der Waals surface area contributed by atoms with Crippen molar-refractivity contribution < 1.29 is 0 Å². The van der Waals surface area contributed by atoms with Gasteiger partial charge in [0.05, 0.1) is 5.52 Å². The summed E-state index contributed by atoms with van der Waals surface area (Å²) >= 11 is 3.48. The first-order chi connectivity index (χ1) is 8.24. The van der Waals surface area contributed by atoms with Gasteiger partial charge in [-0.05, 0) is 43.9 Å². The van der Waals surface area contributed by atoms with Crippen LogP contribution in [0.4, 0.5) is 0 Å². The fourth-order valence-corrected chi connectivity index (χ4v) is 2.31. The Morgan fingerprint density at radius 1 is 1.35 bits per heavy atom. The zero-order valence-corrected chi connectivity index (χ0v) is 12.3. The second kappa shape index (κ2) is 5.21. The molecule has 0 N–H and O–H groups in total. The molecule has 3 rings (SSSR count). The van der Waals surface area contributed by atoms with Gasteiger partial charge < -0.3 is 0 Å². The predicted octanol–water partition coefficient (Wildman–Crippen LogP) is 4.54. The molecule has 92 valence electrons. The Labute approximate surface area is 111 Å². The molecule has 1 aliphatic rings. The van der Waals surface area contributed by atoms with Crippen LogP contribution in [0, 0.1) is 12.8 Å². The van der Waals surface area contributed by atoms with Crippen LogP contribution >= 0.6 is 15.9 Å². The fourth-order valence-electron chi connectivity index (χ4n) is 1.96. The van der Waals surface area contributed by atoms with E-state index in [4.69, 9.17) is 0 Å². The third kappa shape index (κ3) is 2.71. The van der Waals surface area contributed by atoms with Gasteiger partial charge in [-0.15, -0.1) is 0 Å². The summed E-state index contributed by atoms with van der Waals surface area (Å²) in [6.07, 6.45) is 2.75. The molecule has 2 nitrogen and oxygen atoms in total. The van der Waals surface area contributed by atoms with Gasteiger partial charge in [0, 0.05) is 22.1 Å². The van der Waals surface area contributed by atoms with Gasteiger partial charge in [-0.25, -0.2) is 0 Å². The van der Waals surface area contributed by atoms with Crippen molar-refractivity contribution in [2.45, 2.75) is 40.2 Å².